The molecule has 0 amide bonds. The highest BCUT2D eigenvalue weighted by atomic mass is 19.1. The normalized spacial score (nSPS) is 24.4. The molecule has 1 atom stereocenters. The van der Waals surface area contributed by atoms with Crippen LogP contribution < -0.4 is 4.74 Å². The number of hydrogen-bond acceptors (Lipinski definition) is 3. The highest BCUT2D eigenvalue weighted by molar-refractivity contribution is 5.34. The van der Waals surface area contributed by atoms with E-state index in [9.17, 15) is 9.50 Å². The Balaban J connectivity index is 1.60. The summed E-state index contributed by atoms with van der Waals surface area (Å²) in [5.74, 6) is -0.268. The van der Waals surface area contributed by atoms with E-state index in [0.29, 0.717) is 12.2 Å². The van der Waals surface area contributed by atoms with Crippen LogP contribution in [0.4, 0.5) is 4.39 Å². The molecule has 110 valence electrons. The van der Waals surface area contributed by atoms with Gasteiger partial charge in [0.2, 0.25) is 0 Å². The van der Waals surface area contributed by atoms with Gasteiger partial charge in [0.25, 0.3) is 0 Å². The van der Waals surface area contributed by atoms with Crippen molar-refractivity contribution >= 4 is 0 Å². The van der Waals surface area contributed by atoms with Gasteiger partial charge in [0.1, 0.15) is 6.61 Å². The molecule has 1 unspecified atom stereocenters. The third kappa shape index (κ3) is 2.67. The predicted octanol–water partition coefficient (Wildman–Crippen LogP) is 3.19. The second-order valence-corrected chi connectivity index (χ2v) is 5.87. The zero-order valence-corrected chi connectivity index (χ0v) is 11.6. The Hall–Kier alpha value is -1.13. The molecule has 1 aliphatic heterocycles. The summed E-state index contributed by atoms with van der Waals surface area (Å²) in [6, 6.07) is 4.60. The number of benzene rings is 1. The number of ether oxygens (including phenoxy) is 2. The fraction of sp³-hybridized carbons (Fsp3) is 0.625. The number of para-hydroxylation sites is 1. The molecular formula is C16H21FO3. The maximum absolute atomic E-state index is 13.7. The van der Waals surface area contributed by atoms with E-state index in [0.717, 1.165) is 25.7 Å². The number of halogens is 1. The first-order valence-electron chi connectivity index (χ1n) is 7.41. The van der Waals surface area contributed by atoms with Gasteiger partial charge < -0.3 is 14.6 Å². The summed E-state index contributed by atoms with van der Waals surface area (Å²) in [5.41, 5.74) is 0.557. The largest absolute Gasteiger partial charge is 0.487 e. The molecule has 2 aliphatic rings. The molecule has 0 aromatic heterocycles. The van der Waals surface area contributed by atoms with Crippen molar-refractivity contribution in [2.45, 2.75) is 56.8 Å². The lowest BCUT2D eigenvalue weighted by atomic mass is 9.98. The Morgan fingerprint density at radius 2 is 2.10 bits per heavy atom. The van der Waals surface area contributed by atoms with Gasteiger partial charge in [0.15, 0.2) is 11.6 Å². The highest BCUT2D eigenvalue weighted by Gasteiger charge is 2.42. The molecule has 4 heteroatoms. The molecule has 2 fully saturated rings. The Labute approximate surface area is 118 Å². The third-order valence-electron chi connectivity index (χ3n) is 4.49. The number of aliphatic hydroxyl groups excluding tert-OH is 1. The van der Waals surface area contributed by atoms with Crippen LogP contribution in [0.3, 0.4) is 0 Å². The summed E-state index contributed by atoms with van der Waals surface area (Å²) < 4.78 is 25.4. The first-order valence-corrected chi connectivity index (χ1v) is 7.41. The van der Waals surface area contributed by atoms with Crippen molar-refractivity contribution in [3.63, 3.8) is 0 Å². The van der Waals surface area contributed by atoms with Crippen LogP contribution in [-0.2, 0) is 11.3 Å². The van der Waals surface area contributed by atoms with Gasteiger partial charge in [-0.15, -0.1) is 0 Å². The van der Waals surface area contributed by atoms with Crippen LogP contribution in [-0.4, -0.2) is 23.4 Å². The van der Waals surface area contributed by atoms with E-state index in [1.807, 2.05) is 0 Å². The molecule has 1 N–H and O–H groups in total. The van der Waals surface area contributed by atoms with E-state index in [1.54, 1.807) is 12.1 Å². The van der Waals surface area contributed by atoms with Crippen LogP contribution in [0.15, 0.2) is 18.2 Å². The summed E-state index contributed by atoms with van der Waals surface area (Å²) in [7, 11) is 0. The average Bonchev–Trinajstić information content (AvgIpc) is 3.08. The van der Waals surface area contributed by atoms with Gasteiger partial charge in [0.05, 0.1) is 18.3 Å². The summed E-state index contributed by atoms with van der Waals surface area (Å²) in [5, 5.41) is 9.22. The van der Waals surface area contributed by atoms with Crippen LogP contribution in [0.25, 0.3) is 0 Å². The molecule has 0 bridgehead atoms. The molecule has 20 heavy (non-hydrogen) atoms. The van der Waals surface area contributed by atoms with Crippen LogP contribution in [0.5, 0.6) is 5.75 Å². The smallest absolute Gasteiger partial charge is 0.165 e. The maximum Gasteiger partial charge on any atom is 0.165 e. The van der Waals surface area contributed by atoms with E-state index < -0.39 is 5.82 Å². The Bertz CT molecular complexity index is 469. The fourth-order valence-electron chi connectivity index (χ4n) is 3.42. The highest BCUT2D eigenvalue weighted by Crippen LogP contribution is 2.43. The number of hydrogen-bond donors (Lipinski definition) is 1. The molecule has 1 saturated carbocycles. The maximum atomic E-state index is 13.7. The van der Waals surface area contributed by atoms with Crippen molar-refractivity contribution in [2.75, 3.05) is 6.61 Å². The zero-order chi connectivity index (χ0) is 14.0. The minimum atomic E-state index is -0.426. The van der Waals surface area contributed by atoms with E-state index in [4.69, 9.17) is 9.47 Å². The quantitative estimate of drug-likeness (QED) is 0.920. The van der Waals surface area contributed by atoms with Crippen molar-refractivity contribution in [3.8, 4) is 5.75 Å². The number of rotatable bonds is 4. The molecule has 1 heterocycles. The third-order valence-corrected chi connectivity index (χ3v) is 4.49. The first-order chi connectivity index (χ1) is 9.72. The molecule has 3 nitrogen and oxygen atoms in total. The van der Waals surface area contributed by atoms with Crippen LogP contribution in [0.2, 0.25) is 0 Å². The van der Waals surface area contributed by atoms with Crippen molar-refractivity contribution in [3.05, 3.63) is 29.6 Å². The second-order valence-electron chi connectivity index (χ2n) is 5.87. The average molecular weight is 280 g/mol. The van der Waals surface area contributed by atoms with Crippen LogP contribution >= 0.6 is 0 Å². The van der Waals surface area contributed by atoms with Gasteiger partial charge in [-0.3, -0.25) is 0 Å². The van der Waals surface area contributed by atoms with E-state index in [-0.39, 0.29) is 24.1 Å². The van der Waals surface area contributed by atoms with Gasteiger partial charge in [-0.25, -0.2) is 4.39 Å². The topological polar surface area (TPSA) is 38.7 Å². The van der Waals surface area contributed by atoms with Gasteiger partial charge in [-0.05, 0) is 31.7 Å². The van der Waals surface area contributed by atoms with Gasteiger partial charge in [0, 0.05) is 5.56 Å². The molecule has 1 saturated heterocycles. The molecular weight excluding hydrogens is 259 g/mol. The Morgan fingerprint density at radius 1 is 1.30 bits per heavy atom. The lowest BCUT2D eigenvalue weighted by Gasteiger charge is -2.24. The molecule has 1 spiro atoms. The van der Waals surface area contributed by atoms with Gasteiger partial charge >= 0.3 is 0 Å². The van der Waals surface area contributed by atoms with Gasteiger partial charge in [-0.2, -0.15) is 0 Å². The van der Waals surface area contributed by atoms with Crippen molar-refractivity contribution in [1.29, 1.82) is 0 Å². The fourth-order valence-corrected chi connectivity index (χ4v) is 3.42. The summed E-state index contributed by atoms with van der Waals surface area (Å²) in [6.45, 7) is 0.137. The SMILES string of the molecule is OCc1cccc(F)c1OCC1CCC2(CCCC2)O1. The van der Waals surface area contributed by atoms with Crippen LogP contribution in [0, 0.1) is 5.82 Å². The van der Waals surface area contributed by atoms with Crippen molar-refractivity contribution in [2.24, 2.45) is 0 Å². The van der Waals surface area contributed by atoms with E-state index in [1.165, 1.54) is 18.9 Å². The standard InChI is InChI=1S/C16H21FO3/c17-14-5-3-4-12(10-18)15(14)19-11-13-6-9-16(20-13)7-1-2-8-16/h3-5,13,18H,1-2,6-11H2. The van der Waals surface area contributed by atoms with E-state index >= 15 is 0 Å². The zero-order valence-electron chi connectivity index (χ0n) is 11.6. The molecule has 0 radical (unpaired) electrons. The van der Waals surface area contributed by atoms with Crippen molar-refractivity contribution in [1.82, 2.24) is 0 Å². The number of aliphatic hydroxyl groups is 1. The summed E-state index contributed by atoms with van der Waals surface area (Å²) in [6.07, 6.45) is 6.88. The molecule has 1 aliphatic carbocycles. The monoisotopic (exact) mass is 280 g/mol. The molecule has 1 aromatic carbocycles. The molecule has 3 rings (SSSR count). The Morgan fingerprint density at radius 3 is 2.85 bits per heavy atom. The van der Waals surface area contributed by atoms with Gasteiger partial charge in [-0.1, -0.05) is 25.0 Å². The van der Waals surface area contributed by atoms with E-state index in [2.05, 4.69) is 0 Å². The minimum absolute atomic E-state index is 0.0410. The summed E-state index contributed by atoms with van der Waals surface area (Å²) in [4.78, 5) is 0. The predicted molar refractivity (Wildman–Crippen MR) is 73.1 cm³/mol. The van der Waals surface area contributed by atoms with Crippen LogP contribution in [0.1, 0.15) is 44.1 Å². The molecule has 1 aromatic rings. The first kappa shape index (κ1) is 13.8. The Kier molecular flexibility index (Phi) is 3.94. The lowest BCUT2D eigenvalue weighted by molar-refractivity contribution is -0.0514. The lowest BCUT2D eigenvalue weighted by Crippen LogP contribution is -2.27. The minimum Gasteiger partial charge on any atom is -0.487 e. The summed E-state index contributed by atoms with van der Waals surface area (Å²) >= 11 is 0. The van der Waals surface area contributed by atoms with Crippen molar-refractivity contribution < 1.29 is 19.0 Å². The second kappa shape index (κ2) is 5.70.